The Hall–Kier alpha value is -2.51. The Kier molecular flexibility index (Phi) is 22.9. The molecule has 3 rings (SSSR count). The van der Waals surface area contributed by atoms with Gasteiger partial charge in [-0.2, -0.15) is 0 Å². The molecule has 0 saturated heterocycles. The molecule has 0 radical (unpaired) electrons. The maximum Gasteiger partial charge on any atom is 0.530 e. The maximum atomic E-state index is 6.47. The zero-order chi connectivity index (χ0) is 37.2. The predicted molar refractivity (Wildman–Crippen MR) is 227 cm³/mol. The highest BCUT2D eigenvalue weighted by molar-refractivity contribution is 7.43. The van der Waals surface area contributed by atoms with Gasteiger partial charge in [0.15, 0.2) is 0 Å². The summed E-state index contributed by atoms with van der Waals surface area (Å²) in [5.41, 5.74) is 4.12. The minimum atomic E-state index is -1.71. The van der Waals surface area contributed by atoms with Crippen LogP contribution in [-0.4, -0.2) is 0 Å². The van der Waals surface area contributed by atoms with E-state index in [0.717, 1.165) is 54.3 Å². The summed E-state index contributed by atoms with van der Waals surface area (Å²) in [5, 5.41) is 0. The molecule has 3 aromatic rings. The fourth-order valence-corrected chi connectivity index (χ4v) is 8.30. The van der Waals surface area contributed by atoms with Crippen LogP contribution in [0.3, 0.4) is 0 Å². The first-order valence-corrected chi connectivity index (χ1v) is 22.7. The van der Waals surface area contributed by atoms with E-state index in [1.54, 1.807) is 0 Å². The summed E-state index contributed by atoms with van der Waals surface area (Å²) in [6.07, 6.45) is 27.0. The van der Waals surface area contributed by atoms with Crippen LogP contribution in [0.5, 0.6) is 17.2 Å². The van der Waals surface area contributed by atoms with E-state index in [4.69, 9.17) is 13.6 Å². The zero-order valence-electron chi connectivity index (χ0n) is 34.2. The van der Waals surface area contributed by atoms with Crippen molar-refractivity contribution in [2.24, 2.45) is 17.8 Å². The van der Waals surface area contributed by atoms with Crippen LogP contribution in [0.4, 0.5) is 0 Å². The van der Waals surface area contributed by atoms with Crippen molar-refractivity contribution in [3.05, 3.63) is 89.5 Å². The van der Waals surface area contributed by atoms with Crippen molar-refractivity contribution in [3.63, 3.8) is 0 Å². The molecule has 0 heterocycles. The largest absolute Gasteiger partial charge is 0.530 e. The molecule has 0 saturated carbocycles. The third kappa shape index (κ3) is 18.0. The maximum absolute atomic E-state index is 6.47. The van der Waals surface area contributed by atoms with Crippen molar-refractivity contribution in [1.82, 2.24) is 0 Å². The molecule has 0 aliphatic rings. The number of hydrogen-bond acceptors (Lipinski definition) is 3. The van der Waals surface area contributed by atoms with E-state index in [0.29, 0.717) is 0 Å². The second-order valence-corrected chi connectivity index (χ2v) is 16.4. The van der Waals surface area contributed by atoms with Crippen LogP contribution in [0, 0.1) is 17.8 Å². The van der Waals surface area contributed by atoms with Crippen molar-refractivity contribution in [1.29, 1.82) is 0 Å². The first-order chi connectivity index (χ1) is 25.5. The topological polar surface area (TPSA) is 27.7 Å². The molecule has 0 aliphatic heterocycles. The third-order valence-corrected chi connectivity index (χ3v) is 12.1. The van der Waals surface area contributed by atoms with Gasteiger partial charge in [-0.25, -0.2) is 0 Å². The van der Waals surface area contributed by atoms with Crippen LogP contribution >= 0.6 is 8.60 Å². The number of unbranched alkanes of at least 4 members (excludes halogenated alkanes) is 9. The first-order valence-electron chi connectivity index (χ1n) is 21.6. The van der Waals surface area contributed by atoms with Gasteiger partial charge in [0.2, 0.25) is 0 Å². The lowest BCUT2D eigenvalue weighted by Crippen LogP contribution is -2.05. The Balaban J connectivity index is 1.67. The van der Waals surface area contributed by atoms with Crippen molar-refractivity contribution in [3.8, 4) is 17.2 Å². The van der Waals surface area contributed by atoms with Crippen molar-refractivity contribution < 1.29 is 13.6 Å². The van der Waals surface area contributed by atoms with Crippen LogP contribution in [0.15, 0.2) is 72.8 Å². The molecule has 0 amide bonds. The molecule has 3 nitrogen and oxygen atoms in total. The minimum absolute atomic E-state index is 0.737. The summed E-state index contributed by atoms with van der Waals surface area (Å²) in [6, 6.07) is 25.9. The lowest BCUT2D eigenvalue weighted by Gasteiger charge is -2.20. The Morgan fingerprint density at radius 3 is 0.865 bits per heavy atom. The van der Waals surface area contributed by atoms with Gasteiger partial charge in [0, 0.05) is 0 Å². The normalized spacial score (nSPS) is 13.7. The van der Waals surface area contributed by atoms with Crippen molar-refractivity contribution >= 4 is 8.60 Å². The molecule has 0 bridgehead atoms. The quantitative estimate of drug-likeness (QED) is 0.0505. The summed E-state index contributed by atoms with van der Waals surface area (Å²) < 4.78 is 19.4. The molecule has 4 heteroatoms. The highest BCUT2D eigenvalue weighted by Gasteiger charge is 2.21. The monoisotopic (exact) mass is 731 g/mol. The van der Waals surface area contributed by atoms with Crippen LogP contribution < -0.4 is 13.6 Å². The first kappa shape index (κ1) is 43.9. The molecular formula is C48H75O3P. The molecule has 0 spiro atoms. The average molecular weight is 731 g/mol. The summed E-state index contributed by atoms with van der Waals surface area (Å²) in [6.45, 7) is 13.8. The highest BCUT2D eigenvalue weighted by atomic mass is 31.2. The molecule has 3 aromatic carbocycles. The van der Waals surface area contributed by atoms with Gasteiger partial charge >= 0.3 is 8.60 Å². The SMILES string of the molecule is CCCCCCC(CC)Cc1ccc(OP(Oc2ccc(CC(CC)CCCCCC)cc2)Oc2ccc(CC(CC)CCCCCC)cc2)cc1. The zero-order valence-corrected chi connectivity index (χ0v) is 35.1. The fraction of sp³-hybridized carbons (Fsp3) is 0.625. The van der Waals surface area contributed by atoms with E-state index in [2.05, 4.69) is 114 Å². The summed E-state index contributed by atoms with van der Waals surface area (Å²) in [4.78, 5) is 0. The Morgan fingerprint density at radius 2 is 0.635 bits per heavy atom. The molecular weight excluding hydrogens is 655 g/mol. The van der Waals surface area contributed by atoms with Gasteiger partial charge < -0.3 is 13.6 Å². The third-order valence-electron chi connectivity index (χ3n) is 11.0. The molecule has 3 atom stereocenters. The summed E-state index contributed by atoms with van der Waals surface area (Å²) >= 11 is 0. The van der Waals surface area contributed by atoms with Crippen molar-refractivity contribution in [2.75, 3.05) is 0 Å². The molecule has 52 heavy (non-hydrogen) atoms. The van der Waals surface area contributed by atoms with Gasteiger partial charge in [-0.15, -0.1) is 0 Å². The number of benzene rings is 3. The van der Waals surface area contributed by atoms with Gasteiger partial charge in [0.05, 0.1) is 0 Å². The van der Waals surface area contributed by atoms with E-state index in [1.165, 1.54) is 132 Å². The van der Waals surface area contributed by atoms with Gasteiger partial charge in [-0.1, -0.05) is 194 Å². The molecule has 3 unspecified atom stereocenters. The van der Waals surface area contributed by atoms with Crippen LogP contribution in [-0.2, 0) is 19.3 Å². The number of rotatable bonds is 30. The van der Waals surface area contributed by atoms with Gasteiger partial charge in [-0.05, 0) is 90.1 Å². The predicted octanol–water partition coefficient (Wildman–Crippen LogP) is 16.1. The van der Waals surface area contributed by atoms with Crippen LogP contribution in [0.1, 0.15) is 174 Å². The van der Waals surface area contributed by atoms with E-state index in [-0.39, 0.29) is 0 Å². The van der Waals surface area contributed by atoms with E-state index in [9.17, 15) is 0 Å². The van der Waals surface area contributed by atoms with Gasteiger partial charge in [-0.3, -0.25) is 0 Å². The molecule has 0 aliphatic carbocycles. The highest BCUT2D eigenvalue weighted by Crippen LogP contribution is 2.43. The van der Waals surface area contributed by atoms with Crippen molar-refractivity contribution in [2.45, 2.75) is 176 Å². The molecule has 290 valence electrons. The Morgan fingerprint density at radius 1 is 0.365 bits per heavy atom. The Labute approximate surface area is 322 Å². The van der Waals surface area contributed by atoms with E-state index in [1.807, 2.05) is 0 Å². The summed E-state index contributed by atoms with van der Waals surface area (Å²) in [7, 11) is -1.71. The molecule has 0 N–H and O–H groups in total. The van der Waals surface area contributed by atoms with Crippen LogP contribution in [0.2, 0.25) is 0 Å². The number of hydrogen-bond donors (Lipinski definition) is 0. The standard InChI is InChI=1S/C48H75O3P/c1-7-13-16-19-22-40(10-4)37-43-25-31-46(32-26-43)49-52(50-47-33-27-44(28-34-47)38-41(11-5)23-20-17-14-8-2)51-48-35-29-45(30-36-48)39-42(12-6)24-21-18-15-9-3/h25-36,40-42H,7-24,37-39H2,1-6H3. The lowest BCUT2D eigenvalue weighted by atomic mass is 9.91. The Bertz CT molecular complexity index is 1110. The second kappa shape index (κ2) is 27.1. The fourth-order valence-electron chi connectivity index (χ4n) is 7.30. The molecule has 0 fully saturated rings. The lowest BCUT2D eigenvalue weighted by molar-refractivity contribution is 0.387. The summed E-state index contributed by atoms with van der Waals surface area (Å²) in [5.74, 6) is 4.55. The minimum Gasteiger partial charge on any atom is -0.409 e. The average Bonchev–Trinajstić information content (AvgIpc) is 3.17. The van der Waals surface area contributed by atoms with Crippen LogP contribution in [0.25, 0.3) is 0 Å². The van der Waals surface area contributed by atoms with Gasteiger partial charge in [0.25, 0.3) is 0 Å². The smallest absolute Gasteiger partial charge is 0.409 e. The van der Waals surface area contributed by atoms with E-state index < -0.39 is 8.60 Å². The second-order valence-electron chi connectivity index (χ2n) is 15.4. The van der Waals surface area contributed by atoms with Gasteiger partial charge in [0.1, 0.15) is 17.2 Å². The van der Waals surface area contributed by atoms with E-state index >= 15 is 0 Å². The molecule has 0 aromatic heterocycles.